The number of nitrogens with one attached hydrogen (secondary N) is 2. The molecule has 5 heteroatoms. The summed E-state index contributed by atoms with van der Waals surface area (Å²) in [5, 5.41) is 10.6. The molecule has 2 aliphatic heterocycles. The number of aliphatic hydroxyl groups is 1. The zero-order valence-corrected chi connectivity index (χ0v) is 27.6. The van der Waals surface area contributed by atoms with Crippen molar-refractivity contribution >= 4 is 46.4 Å². The molecule has 0 aliphatic carbocycles. The van der Waals surface area contributed by atoms with Gasteiger partial charge >= 0.3 is 0 Å². The number of fused-ring (bicyclic) bond motifs is 8. The summed E-state index contributed by atoms with van der Waals surface area (Å²) in [6.07, 6.45) is 8.60. The largest absolute Gasteiger partial charge is 0.392 e. The summed E-state index contributed by atoms with van der Waals surface area (Å²) >= 11 is 0. The third kappa shape index (κ3) is 5.28. The van der Waals surface area contributed by atoms with Crippen molar-refractivity contribution in [2.45, 2.75) is 111 Å². The molecule has 5 rings (SSSR count). The van der Waals surface area contributed by atoms with E-state index in [1.54, 1.807) is 0 Å². The highest BCUT2D eigenvalue weighted by molar-refractivity contribution is 5.86. The van der Waals surface area contributed by atoms with Crippen LogP contribution in [-0.2, 0) is 28.3 Å². The monoisotopic (exact) mass is 564 g/mol. The molecule has 3 aromatic rings. The van der Waals surface area contributed by atoms with Gasteiger partial charge in [-0.3, -0.25) is 0 Å². The second kappa shape index (κ2) is 9.80. The van der Waals surface area contributed by atoms with Crippen molar-refractivity contribution < 1.29 is 5.11 Å². The number of rotatable bonds is 1. The van der Waals surface area contributed by atoms with E-state index in [0.29, 0.717) is 0 Å². The minimum absolute atomic E-state index is 0.0582. The van der Waals surface area contributed by atoms with Gasteiger partial charge in [-0.05, 0) is 64.2 Å². The van der Waals surface area contributed by atoms with Crippen LogP contribution in [0.3, 0.4) is 0 Å². The summed E-state index contributed by atoms with van der Waals surface area (Å²) in [6, 6.07) is 6.48. The maximum atomic E-state index is 10.6. The van der Waals surface area contributed by atoms with Gasteiger partial charge in [0.05, 0.1) is 29.4 Å². The fraction of sp³-hybridized carbons (Fsp3) is 0.459. The van der Waals surface area contributed by atoms with Crippen molar-refractivity contribution in [3.05, 3.63) is 68.8 Å². The van der Waals surface area contributed by atoms with Gasteiger partial charge in [-0.15, -0.1) is 0 Å². The van der Waals surface area contributed by atoms with Gasteiger partial charge in [-0.2, -0.15) is 0 Å². The SMILES string of the molecule is CC(C)(C)c1c2nc(c(C(C)(C)C)c3ccc([nH]3)c(C(C)(C)C)c3[nH]c(cc3CO)c(C(C)(C)C)c3nc1C=C3)C=C2. The van der Waals surface area contributed by atoms with Crippen LogP contribution in [-0.4, -0.2) is 25.0 Å². The molecule has 5 nitrogen and oxygen atoms in total. The Morgan fingerprint density at radius 1 is 0.524 bits per heavy atom. The molecule has 0 saturated heterocycles. The zero-order chi connectivity index (χ0) is 31.0. The minimum atomic E-state index is -0.211. The number of aromatic amines is 2. The predicted molar refractivity (Wildman–Crippen MR) is 180 cm³/mol. The zero-order valence-electron chi connectivity index (χ0n) is 27.6. The van der Waals surface area contributed by atoms with E-state index in [1.807, 2.05) is 0 Å². The number of aromatic nitrogens is 4. The Balaban J connectivity index is 2.14. The Bertz CT molecular complexity index is 1780. The first-order valence-electron chi connectivity index (χ1n) is 15.1. The van der Waals surface area contributed by atoms with Gasteiger partial charge in [0.15, 0.2) is 0 Å². The summed E-state index contributed by atoms with van der Waals surface area (Å²) in [7, 11) is 0. The summed E-state index contributed by atoms with van der Waals surface area (Å²) in [5.41, 5.74) is 12.6. The van der Waals surface area contributed by atoms with Gasteiger partial charge in [0, 0.05) is 49.9 Å². The fourth-order valence-corrected chi connectivity index (χ4v) is 6.61. The smallest absolute Gasteiger partial charge is 0.0703 e. The van der Waals surface area contributed by atoms with Crippen molar-refractivity contribution in [2.24, 2.45) is 0 Å². The molecular formula is C37H48N4O. The average Bonchev–Trinajstić information content (AvgIpc) is 3.60. The molecule has 0 fully saturated rings. The normalized spacial score (nSPS) is 14.2. The Kier molecular flexibility index (Phi) is 7.01. The Hall–Kier alpha value is -3.44. The van der Waals surface area contributed by atoms with Crippen LogP contribution >= 0.6 is 0 Å². The van der Waals surface area contributed by atoms with E-state index in [2.05, 4.69) is 136 Å². The van der Waals surface area contributed by atoms with Crippen LogP contribution < -0.4 is 0 Å². The highest BCUT2D eigenvalue weighted by Crippen LogP contribution is 2.39. The van der Waals surface area contributed by atoms with Crippen molar-refractivity contribution in [1.29, 1.82) is 0 Å². The topological polar surface area (TPSA) is 77.6 Å². The molecular weight excluding hydrogens is 516 g/mol. The lowest BCUT2D eigenvalue weighted by molar-refractivity contribution is 0.283. The molecule has 0 saturated carbocycles. The quantitative estimate of drug-likeness (QED) is 0.190. The van der Waals surface area contributed by atoms with E-state index in [4.69, 9.17) is 9.97 Å². The van der Waals surface area contributed by atoms with Crippen LogP contribution in [0.1, 0.15) is 134 Å². The van der Waals surface area contributed by atoms with Gasteiger partial charge in [-0.25, -0.2) is 9.97 Å². The molecule has 0 unspecified atom stereocenters. The number of hydrogen-bond donors (Lipinski definition) is 3. The molecule has 0 amide bonds. The highest BCUT2D eigenvalue weighted by Gasteiger charge is 2.29. The lowest BCUT2D eigenvalue weighted by Crippen LogP contribution is -2.16. The fourth-order valence-electron chi connectivity index (χ4n) is 6.61. The molecule has 42 heavy (non-hydrogen) atoms. The maximum Gasteiger partial charge on any atom is 0.0703 e. The van der Waals surface area contributed by atoms with Crippen LogP contribution in [0.2, 0.25) is 0 Å². The summed E-state index contributed by atoms with van der Waals surface area (Å²) < 4.78 is 0. The molecule has 0 radical (unpaired) electrons. The van der Waals surface area contributed by atoms with Crippen LogP contribution in [0.25, 0.3) is 46.4 Å². The molecule has 0 aromatic carbocycles. The number of hydrogen-bond acceptors (Lipinski definition) is 3. The van der Waals surface area contributed by atoms with Crippen molar-refractivity contribution in [3.63, 3.8) is 0 Å². The summed E-state index contributed by atoms with van der Waals surface area (Å²) in [5.74, 6) is 0. The lowest BCUT2D eigenvalue weighted by Gasteiger charge is -2.22. The molecule has 0 spiro atoms. The van der Waals surface area contributed by atoms with Gasteiger partial charge in [-0.1, -0.05) is 83.1 Å². The summed E-state index contributed by atoms with van der Waals surface area (Å²) in [4.78, 5) is 18.2. The molecule has 3 N–H and O–H groups in total. The maximum absolute atomic E-state index is 10.6. The third-order valence-corrected chi connectivity index (χ3v) is 8.12. The first-order chi connectivity index (χ1) is 19.3. The molecule has 3 aromatic heterocycles. The number of aliphatic hydroxyl groups excluding tert-OH is 1. The van der Waals surface area contributed by atoms with E-state index < -0.39 is 0 Å². The average molecular weight is 565 g/mol. The molecule has 5 heterocycles. The van der Waals surface area contributed by atoms with Crippen molar-refractivity contribution in [1.82, 2.24) is 19.9 Å². The van der Waals surface area contributed by atoms with Crippen molar-refractivity contribution in [3.8, 4) is 0 Å². The van der Waals surface area contributed by atoms with E-state index in [1.165, 1.54) is 5.56 Å². The first kappa shape index (κ1) is 30.0. The second-order valence-corrected chi connectivity index (χ2v) is 16.0. The Morgan fingerprint density at radius 3 is 1.31 bits per heavy atom. The summed E-state index contributed by atoms with van der Waals surface area (Å²) in [6.45, 7) is 26.7. The molecule has 0 atom stereocenters. The van der Waals surface area contributed by atoms with Crippen LogP contribution in [0.15, 0.2) is 18.2 Å². The predicted octanol–water partition coefficient (Wildman–Crippen LogP) is 9.34. The second-order valence-electron chi connectivity index (χ2n) is 16.0. The first-order valence-corrected chi connectivity index (χ1v) is 15.1. The molecule has 2 aliphatic rings. The van der Waals surface area contributed by atoms with Crippen LogP contribution in [0.5, 0.6) is 0 Å². The Labute approximate surface area is 251 Å². The Morgan fingerprint density at radius 2 is 0.905 bits per heavy atom. The highest BCUT2D eigenvalue weighted by atomic mass is 16.3. The van der Waals surface area contributed by atoms with Gasteiger partial charge in [0.1, 0.15) is 0 Å². The van der Waals surface area contributed by atoms with Gasteiger partial charge in [0.25, 0.3) is 0 Å². The van der Waals surface area contributed by atoms with E-state index in [9.17, 15) is 5.11 Å². The van der Waals surface area contributed by atoms with Gasteiger partial charge in [0.2, 0.25) is 0 Å². The third-order valence-electron chi connectivity index (χ3n) is 8.12. The minimum Gasteiger partial charge on any atom is -0.392 e. The molecule has 222 valence electrons. The van der Waals surface area contributed by atoms with E-state index >= 15 is 0 Å². The van der Waals surface area contributed by atoms with Crippen LogP contribution in [0, 0.1) is 0 Å². The van der Waals surface area contributed by atoms with Crippen molar-refractivity contribution in [2.75, 3.05) is 0 Å². The van der Waals surface area contributed by atoms with Gasteiger partial charge < -0.3 is 15.1 Å². The molecule has 8 bridgehead atoms. The lowest BCUT2D eigenvalue weighted by atomic mass is 9.84. The standard InChI is InChI=1S/C37H48N4O/c1-34(2,3)29-22-13-14-23(38-22)30(35(4,5)6)25-17-18-27(40-25)32(37(10,11)12)33-21(20-42)19-28(41-33)31(36(7,8)9)26-16-15-24(29)39-26/h13-19,40-42H,20H2,1-12H3. The van der Waals surface area contributed by atoms with Crippen LogP contribution in [0.4, 0.5) is 0 Å². The number of H-pyrrole nitrogens is 2. The van der Waals surface area contributed by atoms with E-state index in [-0.39, 0.29) is 28.3 Å². The number of nitrogens with zero attached hydrogens (tertiary/aromatic N) is 2. The van der Waals surface area contributed by atoms with E-state index in [0.717, 1.165) is 67.1 Å².